The topological polar surface area (TPSA) is 94.3 Å². The van der Waals surface area contributed by atoms with Crippen molar-refractivity contribution in [1.29, 1.82) is 0 Å². The van der Waals surface area contributed by atoms with Gasteiger partial charge in [0, 0.05) is 35.1 Å². The normalized spacial score (nSPS) is 18.4. The molecule has 0 saturated heterocycles. The molecule has 3 aromatic carbocycles. The fourth-order valence-corrected chi connectivity index (χ4v) is 6.02. The van der Waals surface area contributed by atoms with Gasteiger partial charge in [0.1, 0.15) is 12.1 Å². The number of carbonyl (C=O) groups is 3. The zero-order valence-electron chi connectivity index (χ0n) is 22.1. The van der Waals surface area contributed by atoms with Crippen molar-refractivity contribution in [3.63, 3.8) is 0 Å². The second kappa shape index (κ2) is 10.1. The molecule has 198 valence electrons. The molecule has 1 aromatic heterocycles. The molecule has 3 heterocycles. The zero-order chi connectivity index (χ0) is 27.1. The van der Waals surface area contributed by atoms with E-state index in [-0.39, 0.29) is 29.7 Å². The number of fused-ring (bicyclic) bond motifs is 7. The van der Waals surface area contributed by atoms with E-state index in [1.807, 2.05) is 86.6 Å². The van der Waals surface area contributed by atoms with E-state index in [1.165, 1.54) is 0 Å². The highest BCUT2D eigenvalue weighted by atomic mass is 16.2. The Labute approximate surface area is 227 Å². The first-order chi connectivity index (χ1) is 18.9. The number of aromatic amines is 1. The lowest BCUT2D eigenvalue weighted by Crippen LogP contribution is -2.56. The van der Waals surface area contributed by atoms with Crippen LogP contribution in [-0.4, -0.2) is 39.7 Å². The van der Waals surface area contributed by atoms with Crippen molar-refractivity contribution < 1.29 is 14.4 Å². The third-order valence-electron chi connectivity index (χ3n) is 7.80. The van der Waals surface area contributed by atoms with E-state index in [9.17, 15) is 14.4 Å². The largest absolute Gasteiger partial charge is 0.356 e. The van der Waals surface area contributed by atoms with Crippen molar-refractivity contribution in [2.75, 3.05) is 0 Å². The standard InChI is InChI=1S/C32H32N4O3/c1-19(2)16-26(30(37)33-18-20-10-4-3-5-11-20)35-31(38)27-17-24-21-12-8-9-15-25(21)34-28(24)29-22-13-6-7-14-23(22)32(39)36(27)29/h3-15,19,26-27,29,34H,16-18H2,1-2H3,(H,33,37)(H,35,38). The van der Waals surface area contributed by atoms with Crippen LogP contribution in [0.15, 0.2) is 78.9 Å². The molecule has 2 aliphatic rings. The molecule has 39 heavy (non-hydrogen) atoms. The number of rotatable bonds is 7. The summed E-state index contributed by atoms with van der Waals surface area (Å²) in [5.41, 5.74) is 5.49. The number of H-pyrrole nitrogens is 1. The number of hydrogen-bond donors (Lipinski definition) is 3. The van der Waals surface area contributed by atoms with E-state index in [0.717, 1.165) is 33.3 Å². The van der Waals surface area contributed by atoms with Crippen LogP contribution < -0.4 is 10.6 Å². The summed E-state index contributed by atoms with van der Waals surface area (Å²) < 4.78 is 0. The number of hydrogen-bond acceptors (Lipinski definition) is 3. The van der Waals surface area contributed by atoms with Gasteiger partial charge in [0.25, 0.3) is 5.91 Å². The fourth-order valence-electron chi connectivity index (χ4n) is 6.02. The van der Waals surface area contributed by atoms with Gasteiger partial charge in [0.15, 0.2) is 0 Å². The predicted molar refractivity (Wildman–Crippen MR) is 150 cm³/mol. The van der Waals surface area contributed by atoms with E-state index in [4.69, 9.17) is 0 Å². The molecule has 0 spiro atoms. The molecule has 7 heteroatoms. The van der Waals surface area contributed by atoms with Crippen molar-refractivity contribution in [2.45, 2.75) is 51.4 Å². The number of nitrogens with zero attached hydrogens (tertiary/aromatic N) is 1. The second-order valence-corrected chi connectivity index (χ2v) is 10.9. The molecule has 6 rings (SSSR count). The van der Waals surface area contributed by atoms with Crippen molar-refractivity contribution in [3.05, 3.63) is 107 Å². The van der Waals surface area contributed by atoms with Gasteiger partial charge in [-0.15, -0.1) is 0 Å². The third-order valence-corrected chi connectivity index (χ3v) is 7.80. The van der Waals surface area contributed by atoms with Gasteiger partial charge in [-0.25, -0.2) is 0 Å². The minimum Gasteiger partial charge on any atom is -0.356 e. The summed E-state index contributed by atoms with van der Waals surface area (Å²) in [6.45, 7) is 4.44. The Balaban J connectivity index is 1.31. The number of aromatic nitrogens is 1. The van der Waals surface area contributed by atoms with Gasteiger partial charge in [-0.2, -0.15) is 0 Å². The van der Waals surface area contributed by atoms with E-state index in [1.54, 1.807) is 4.90 Å². The van der Waals surface area contributed by atoms with Gasteiger partial charge < -0.3 is 20.5 Å². The molecule has 0 bridgehead atoms. The molecule has 0 aliphatic carbocycles. The van der Waals surface area contributed by atoms with Crippen LogP contribution in [0.3, 0.4) is 0 Å². The SMILES string of the molecule is CC(C)CC(NC(=O)C1Cc2c([nH]c3ccccc23)C2c3ccccc3C(=O)N12)C(=O)NCc1ccccc1. The summed E-state index contributed by atoms with van der Waals surface area (Å²) in [6.07, 6.45) is 0.871. The van der Waals surface area contributed by atoms with E-state index in [0.29, 0.717) is 24.9 Å². The summed E-state index contributed by atoms with van der Waals surface area (Å²) in [7, 11) is 0. The molecule has 0 saturated carbocycles. The summed E-state index contributed by atoms with van der Waals surface area (Å²) >= 11 is 0. The van der Waals surface area contributed by atoms with Crippen molar-refractivity contribution >= 4 is 28.6 Å². The minimum atomic E-state index is -0.738. The predicted octanol–water partition coefficient (Wildman–Crippen LogP) is 4.49. The van der Waals surface area contributed by atoms with Crippen LogP contribution in [0.1, 0.15) is 59.1 Å². The molecule has 4 aromatic rings. The van der Waals surface area contributed by atoms with Crippen molar-refractivity contribution in [2.24, 2.45) is 5.92 Å². The molecule has 3 N–H and O–H groups in total. The van der Waals surface area contributed by atoms with Gasteiger partial charge in [0.05, 0.1) is 6.04 Å². The number of carbonyl (C=O) groups excluding carboxylic acids is 3. The molecule has 3 amide bonds. The maximum atomic E-state index is 14.0. The molecular formula is C32H32N4O3. The smallest absolute Gasteiger partial charge is 0.255 e. The molecule has 0 radical (unpaired) electrons. The van der Waals surface area contributed by atoms with E-state index in [2.05, 4.69) is 21.7 Å². The molecular weight excluding hydrogens is 488 g/mol. The second-order valence-electron chi connectivity index (χ2n) is 10.9. The van der Waals surface area contributed by atoms with Crippen LogP contribution in [0, 0.1) is 5.92 Å². The zero-order valence-corrected chi connectivity index (χ0v) is 22.1. The Bertz CT molecular complexity index is 1560. The van der Waals surface area contributed by atoms with Crippen LogP contribution in [0.2, 0.25) is 0 Å². The van der Waals surface area contributed by atoms with Gasteiger partial charge in [-0.1, -0.05) is 80.6 Å². The first-order valence-corrected chi connectivity index (χ1v) is 13.6. The monoisotopic (exact) mass is 520 g/mol. The highest BCUT2D eigenvalue weighted by Crippen LogP contribution is 2.46. The lowest BCUT2D eigenvalue weighted by atomic mass is 9.89. The third kappa shape index (κ3) is 4.48. The number of benzene rings is 3. The minimum absolute atomic E-state index is 0.158. The van der Waals surface area contributed by atoms with Crippen LogP contribution in [0.4, 0.5) is 0 Å². The first-order valence-electron chi connectivity index (χ1n) is 13.6. The maximum absolute atomic E-state index is 14.0. The summed E-state index contributed by atoms with van der Waals surface area (Å²) in [5.74, 6) is -0.501. The lowest BCUT2D eigenvalue weighted by molar-refractivity contribution is -0.132. The van der Waals surface area contributed by atoms with Gasteiger partial charge in [0.2, 0.25) is 11.8 Å². The summed E-state index contributed by atoms with van der Waals surface area (Å²) in [6, 6.07) is 23.5. The first kappa shape index (κ1) is 24.9. The Kier molecular flexibility index (Phi) is 6.43. The number of amides is 3. The molecule has 3 atom stereocenters. The van der Waals surface area contributed by atoms with Crippen molar-refractivity contribution in [1.82, 2.24) is 20.5 Å². The van der Waals surface area contributed by atoms with Crippen molar-refractivity contribution in [3.8, 4) is 0 Å². The van der Waals surface area contributed by atoms with E-state index < -0.39 is 12.1 Å². The van der Waals surface area contributed by atoms with Crippen LogP contribution in [0.5, 0.6) is 0 Å². The van der Waals surface area contributed by atoms with Crippen LogP contribution in [0.25, 0.3) is 10.9 Å². The summed E-state index contributed by atoms with van der Waals surface area (Å²) in [4.78, 5) is 46.2. The highest BCUT2D eigenvalue weighted by molar-refractivity contribution is 6.04. The Morgan fingerprint density at radius 1 is 0.974 bits per heavy atom. The van der Waals surface area contributed by atoms with E-state index >= 15 is 0 Å². The van der Waals surface area contributed by atoms with Crippen LogP contribution in [-0.2, 0) is 22.6 Å². The lowest BCUT2D eigenvalue weighted by Gasteiger charge is -2.37. The molecule has 7 nitrogen and oxygen atoms in total. The average Bonchev–Trinajstić information content (AvgIpc) is 3.46. The molecule has 3 unspecified atom stereocenters. The maximum Gasteiger partial charge on any atom is 0.255 e. The quantitative estimate of drug-likeness (QED) is 0.335. The van der Waals surface area contributed by atoms with Gasteiger partial charge >= 0.3 is 0 Å². The van der Waals surface area contributed by atoms with Gasteiger partial charge in [-0.05, 0) is 41.2 Å². The average molecular weight is 521 g/mol. The Morgan fingerprint density at radius 3 is 2.49 bits per heavy atom. The fraction of sp³-hybridized carbons (Fsp3) is 0.281. The number of nitrogens with one attached hydrogen (secondary N) is 3. The Morgan fingerprint density at radius 2 is 1.69 bits per heavy atom. The van der Waals surface area contributed by atoms with Crippen LogP contribution >= 0.6 is 0 Å². The number of para-hydroxylation sites is 1. The van der Waals surface area contributed by atoms with Gasteiger partial charge in [-0.3, -0.25) is 14.4 Å². The molecule has 0 fully saturated rings. The summed E-state index contributed by atoms with van der Waals surface area (Å²) in [5, 5.41) is 7.07. The Hall–Kier alpha value is -4.39. The highest BCUT2D eigenvalue weighted by Gasteiger charge is 2.49. The molecule has 2 aliphatic heterocycles.